The van der Waals surface area contributed by atoms with Gasteiger partial charge in [0.1, 0.15) is 0 Å². The number of benzene rings is 2. The van der Waals surface area contributed by atoms with Crippen LogP contribution >= 0.6 is 11.6 Å². The minimum absolute atomic E-state index is 0.0875. The predicted molar refractivity (Wildman–Crippen MR) is 70.3 cm³/mol. The van der Waals surface area contributed by atoms with Crippen LogP contribution in [0.5, 0.6) is 0 Å². The molecule has 86 valence electrons. The van der Waals surface area contributed by atoms with Gasteiger partial charge in [-0.15, -0.1) is 0 Å². The van der Waals surface area contributed by atoms with Gasteiger partial charge in [-0.2, -0.15) is 0 Å². The molecule has 2 aromatic carbocycles. The molecule has 2 nitrogen and oxygen atoms in total. The van der Waals surface area contributed by atoms with E-state index in [1.165, 1.54) is 0 Å². The van der Waals surface area contributed by atoms with Crippen LogP contribution in [0.4, 0.5) is 0 Å². The molecule has 2 aromatic rings. The first-order valence-corrected chi connectivity index (χ1v) is 5.67. The Morgan fingerprint density at radius 2 is 1.71 bits per heavy atom. The van der Waals surface area contributed by atoms with E-state index < -0.39 is 0 Å². The zero-order valence-electron chi connectivity index (χ0n) is 9.41. The van der Waals surface area contributed by atoms with Gasteiger partial charge in [-0.3, -0.25) is 4.79 Å². The highest BCUT2D eigenvalue weighted by atomic mass is 35.5. The minimum atomic E-state index is -0.0875. The van der Waals surface area contributed by atoms with Gasteiger partial charge < -0.3 is 5.32 Å². The summed E-state index contributed by atoms with van der Waals surface area (Å²) in [6.07, 6.45) is 0. The first-order chi connectivity index (χ1) is 8.22. The number of halogens is 1. The summed E-state index contributed by atoms with van der Waals surface area (Å²) in [7, 11) is 1.63. The fraction of sp³-hybridized carbons (Fsp3) is 0.0714. The number of rotatable bonds is 2. The van der Waals surface area contributed by atoms with Gasteiger partial charge in [-0.25, -0.2) is 0 Å². The summed E-state index contributed by atoms with van der Waals surface area (Å²) in [6.45, 7) is 0. The summed E-state index contributed by atoms with van der Waals surface area (Å²) in [6, 6.07) is 14.9. The fourth-order valence-corrected chi connectivity index (χ4v) is 1.82. The van der Waals surface area contributed by atoms with Gasteiger partial charge in [0, 0.05) is 17.6 Å². The molecule has 0 heterocycles. The molecule has 1 N–H and O–H groups in total. The SMILES string of the molecule is CNC(=O)c1ccccc1-c1ccc(Cl)cc1. The lowest BCUT2D eigenvalue weighted by Crippen LogP contribution is -2.18. The Morgan fingerprint density at radius 1 is 1.06 bits per heavy atom. The predicted octanol–water partition coefficient (Wildman–Crippen LogP) is 3.37. The van der Waals surface area contributed by atoms with Crippen LogP contribution in [0.2, 0.25) is 5.02 Å². The van der Waals surface area contributed by atoms with Crippen LogP contribution in [0.15, 0.2) is 48.5 Å². The van der Waals surface area contributed by atoms with Gasteiger partial charge in [0.05, 0.1) is 0 Å². The topological polar surface area (TPSA) is 29.1 Å². The van der Waals surface area contributed by atoms with Crippen molar-refractivity contribution in [3.63, 3.8) is 0 Å². The van der Waals surface area contributed by atoms with Gasteiger partial charge in [0.15, 0.2) is 0 Å². The third kappa shape index (κ3) is 2.48. The normalized spacial score (nSPS) is 10.0. The van der Waals surface area contributed by atoms with E-state index in [4.69, 9.17) is 11.6 Å². The summed E-state index contributed by atoms with van der Waals surface area (Å²) >= 11 is 5.85. The first-order valence-electron chi connectivity index (χ1n) is 5.29. The van der Waals surface area contributed by atoms with Crippen LogP contribution in [0.25, 0.3) is 11.1 Å². The number of carbonyl (C=O) groups excluding carboxylic acids is 1. The zero-order valence-corrected chi connectivity index (χ0v) is 10.2. The van der Waals surface area contributed by atoms with Crippen LogP contribution in [-0.2, 0) is 0 Å². The molecule has 3 heteroatoms. The summed E-state index contributed by atoms with van der Waals surface area (Å²) < 4.78 is 0. The summed E-state index contributed by atoms with van der Waals surface area (Å²) in [5.74, 6) is -0.0875. The Labute approximate surface area is 105 Å². The minimum Gasteiger partial charge on any atom is -0.355 e. The highest BCUT2D eigenvalue weighted by molar-refractivity contribution is 6.30. The van der Waals surface area contributed by atoms with Gasteiger partial charge in [-0.05, 0) is 29.3 Å². The lowest BCUT2D eigenvalue weighted by molar-refractivity contribution is 0.0964. The second kappa shape index (κ2) is 5.02. The van der Waals surface area contributed by atoms with Crippen molar-refractivity contribution in [3.8, 4) is 11.1 Å². The van der Waals surface area contributed by atoms with Crippen molar-refractivity contribution in [1.82, 2.24) is 5.32 Å². The maximum Gasteiger partial charge on any atom is 0.251 e. The number of hydrogen-bond donors (Lipinski definition) is 1. The van der Waals surface area contributed by atoms with E-state index in [0.717, 1.165) is 11.1 Å². The fourth-order valence-electron chi connectivity index (χ4n) is 1.70. The summed E-state index contributed by atoms with van der Waals surface area (Å²) in [4.78, 5) is 11.7. The molecule has 2 rings (SSSR count). The molecule has 0 fully saturated rings. The smallest absolute Gasteiger partial charge is 0.251 e. The standard InChI is InChI=1S/C14H12ClNO/c1-16-14(17)13-5-3-2-4-12(13)10-6-8-11(15)9-7-10/h2-9H,1H3,(H,16,17). The van der Waals surface area contributed by atoms with Crippen molar-refractivity contribution < 1.29 is 4.79 Å². The molecule has 0 bridgehead atoms. The monoisotopic (exact) mass is 245 g/mol. The summed E-state index contributed by atoms with van der Waals surface area (Å²) in [5, 5.41) is 3.32. The van der Waals surface area contributed by atoms with Crippen molar-refractivity contribution in [1.29, 1.82) is 0 Å². The average Bonchev–Trinajstić information content (AvgIpc) is 2.39. The number of nitrogens with one attached hydrogen (secondary N) is 1. The second-order valence-corrected chi connectivity index (χ2v) is 4.07. The Balaban J connectivity index is 2.51. The maximum absolute atomic E-state index is 11.7. The number of hydrogen-bond acceptors (Lipinski definition) is 1. The molecule has 0 saturated heterocycles. The molecular formula is C14H12ClNO. The molecule has 0 saturated carbocycles. The Bertz CT molecular complexity index is 534. The molecule has 0 spiro atoms. The summed E-state index contributed by atoms with van der Waals surface area (Å²) in [5.41, 5.74) is 2.55. The third-order valence-corrected chi connectivity index (χ3v) is 2.81. The highest BCUT2D eigenvalue weighted by Crippen LogP contribution is 2.24. The molecular weight excluding hydrogens is 234 g/mol. The molecule has 0 aliphatic rings. The van der Waals surface area contributed by atoms with E-state index >= 15 is 0 Å². The van der Waals surface area contributed by atoms with Gasteiger partial charge in [0.25, 0.3) is 5.91 Å². The average molecular weight is 246 g/mol. The lowest BCUT2D eigenvalue weighted by Gasteiger charge is -2.08. The molecule has 1 amide bonds. The van der Waals surface area contributed by atoms with Gasteiger partial charge in [0.2, 0.25) is 0 Å². The quantitative estimate of drug-likeness (QED) is 0.864. The first kappa shape index (κ1) is 11.7. The number of amides is 1. The Morgan fingerprint density at radius 3 is 2.35 bits per heavy atom. The van der Waals surface area contributed by atoms with Crippen molar-refractivity contribution >= 4 is 17.5 Å². The zero-order chi connectivity index (χ0) is 12.3. The molecule has 0 unspecified atom stereocenters. The van der Waals surface area contributed by atoms with Crippen LogP contribution in [0, 0.1) is 0 Å². The van der Waals surface area contributed by atoms with E-state index in [-0.39, 0.29) is 5.91 Å². The van der Waals surface area contributed by atoms with Crippen molar-refractivity contribution in [2.24, 2.45) is 0 Å². The maximum atomic E-state index is 11.7. The van der Waals surface area contributed by atoms with Crippen molar-refractivity contribution in [3.05, 3.63) is 59.1 Å². The van der Waals surface area contributed by atoms with Gasteiger partial charge in [-0.1, -0.05) is 41.9 Å². The van der Waals surface area contributed by atoms with Crippen molar-refractivity contribution in [2.45, 2.75) is 0 Å². The largest absolute Gasteiger partial charge is 0.355 e. The number of carbonyl (C=O) groups is 1. The molecule has 0 aliphatic carbocycles. The van der Waals surface area contributed by atoms with E-state index in [9.17, 15) is 4.79 Å². The lowest BCUT2D eigenvalue weighted by atomic mass is 9.99. The molecule has 0 atom stereocenters. The molecule has 0 aliphatic heterocycles. The van der Waals surface area contributed by atoms with E-state index in [1.807, 2.05) is 48.5 Å². The third-order valence-electron chi connectivity index (χ3n) is 2.55. The van der Waals surface area contributed by atoms with Crippen molar-refractivity contribution in [2.75, 3.05) is 7.05 Å². The molecule has 0 aromatic heterocycles. The van der Waals surface area contributed by atoms with E-state index in [0.29, 0.717) is 10.6 Å². The van der Waals surface area contributed by atoms with E-state index in [2.05, 4.69) is 5.32 Å². The van der Waals surface area contributed by atoms with E-state index in [1.54, 1.807) is 7.05 Å². The Hall–Kier alpha value is -1.80. The van der Waals surface area contributed by atoms with Crippen LogP contribution in [-0.4, -0.2) is 13.0 Å². The highest BCUT2D eigenvalue weighted by Gasteiger charge is 2.10. The van der Waals surface area contributed by atoms with Crippen LogP contribution < -0.4 is 5.32 Å². The molecule has 0 radical (unpaired) electrons. The van der Waals surface area contributed by atoms with Gasteiger partial charge >= 0.3 is 0 Å². The van der Waals surface area contributed by atoms with Crippen LogP contribution in [0.1, 0.15) is 10.4 Å². The van der Waals surface area contributed by atoms with Crippen LogP contribution in [0.3, 0.4) is 0 Å². The Kier molecular flexibility index (Phi) is 3.45. The molecule has 17 heavy (non-hydrogen) atoms. The second-order valence-electron chi connectivity index (χ2n) is 3.63.